The number of aryl methyl sites for hydroxylation is 3. The summed E-state index contributed by atoms with van der Waals surface area (Å²) in [6.07, 6.45) is 0. The minimum Gasteiger partial charge on any atom is -0.378 e. The van der Waals surface area contributed by atoms with E-state index >= 15 is 0 Å². The van der Waals surface area contributed by atoms with Gasteiger partial charge in [-0.05, 0) is 44.5 Å². The first kappa shape index (κ1) is 21.8. The number of ketones is 1. The smallest absolute Gasteiger partial charge is 0.196 e. The van der Waals surface area contributed by atoms with Gasteiger partial charge in [-0.3, -0.25) is 9.36 Å². The number of carbonyl (C=O) groups excluding carboxylic acids is 1. The van der Waals surface area contributed by atoms with E-state index in [0.717, 1.165) is 28.3 Å². The molecule has 0 atom stereocenters. The Balaban J connectivity index is 1.57. The summed E-state index contributed by atoms with van der Waals surface area (Å²) in [6, 6.07) is 24.1. The Morgan fingerprint density at radius 3 is 2.22 bits per heavy atom. The van der Waals surface area contributed by atoms with Crippen LogP contribution in [0.2, 0.25) is 0 Å². The third-order valence-corrected chi connectivity index (χ3v) is 6.19. The Morgan fingerprint density at radius 2 is 1.53 bits per heavy atom. The first-order valence-corrected chi connectivity index (χ1v) is 11.5. The van der Waals surface area contributed by atoms with Crippen molar-refractivity contribution in [3.63, 3.8) is 0 Å². The van der Waals surface area contributed by atoms with E-state index in [-0.39, 0.29) is 5.78 Å². The van der Waals surface area contributed by atoms with E-state index in [1.165, 1.54) is 17.3 Å². The molecule has 0 fully saturated rings. The minimum absolute atomic E-state index is 0.0775. The standard InChI is InChI=1S/C26H26N4OS/c1-18-8-12-21(13-9-18)24(31)17-32-26-29-28-25(16-27-22-14-10-19(2)11-15-22)30(26)23-7-5-4-6-20(23)3/h4-15,27H,16-17H2,1-3H3. The Morgan fingerprint density at radius 1 is 0.875 bits per heavy atom. The van der Waals surface area contributed by atoms with Crippen molar-refractivity contribution < 1.29 is 4.79 Å². The van der Waals surface area contributed by atoms with Gasteiger partial charge < -0.3 is 5.32 Å². The SMILES string of the molecule is Cc1ccc(NCc2nnc(SCC(=O)c3ccc(C)cc3)n2-c2ccccc2C)cc1. The molecule has 0 aliphatic rings. The molecule has 0 saturated carbocycles. The van der Waals surface area contributed by atoms with Crippen LogP contribution in [0.3, 0.4) is 0 Å². The largest absolute Gasteiger partial charge is 0.378 e. The molecule has 0 spiro atoms. The molecule has 0 radical (unpaired) electrons. The molecule has 1 heterocycles. The summed E-state index contributed by atoms with van der Waals surface area (Å²) < 4.78 is 2.05. The van der Waals surface area contributed by atoms with Gasteiger partial charge >= 0.3 is 0 Å². The number of rotatable bonds is 8. The maximum Gasteiger partial charge on any atom is 0.196 e. The quantitative estimate of drug-likeness (QED) is 0.277. The number of benzene rings is 3. The third kappa shape index (κ3) is 5.08. The number of aromatic nitrogens is 3. The van der Waals surface area contributed by atoms with Crippen molar-refractivity contribution in [2.45, 2.75) is 32.5 Å². The van der Waals surface area contributed by atoms with E-state index in [0.29, 0.717) is 23.0 Å². The second-order valence-corrected chi connectivity index (χ2v) is 8.76. The minimum atomic E-state index is 0.0775. The molecule has 4 aromatic rings. The normalized spacial score (nSPS) is 10.8. The molecule has 0 aliphatic carbocycles. The van der Waals surface area contributed by atoms with E-state index in [1.807, 2.05) is 47.9 Å². The molecule has 4 rings (SSSR count). The van der Waals surface area contributed by atoms with Crippen LogP contribution in [0.15, 0.2) is 78.0 Å². The summed E-state index contributed by atoms with van der Waals surface area (Å²) in [4.78, 5) is 12.7. The lowest BCUT2D eigenvalue weighted by molar-refractivity contribution is 0.102. The van der Waals surface area contributed by atoms with E-state index in [2.05, 4.69) is 65.8 Å². The zero-order chi connectivity index (χ0) is 22.5. The van der Waals surface area contributed by atoms with Gasteiger partial charge in [0.2, 0.25) is 0 Å². The van der Waals surface area contributed by atoms with Crippen LogP contribution < -0.4 is 5.32 Å². The molecule has 0 aliphatic heterocycles. The van der Waals surface area contributed by atoms with Gasteiger partial charge in [-0.1, -0.05) is 77.5 Å². The predicted octanol–water partition coefficient (Wildman–Crippen LogP) is 5.78. The maximum absolute atomic E-state index is 12.7. The van der Waals surface area contributed by atoms with Crippen LogP contribution >= 0.6 is 11.8 Å². The van der Waals surface area contributed by atoms with Crippen LogP contribution in [0, 0.1) is 20.8 Å². The first-order chi connectivity index (χ1) is 15.5. The van der Waals surface area contributed by atoms with Crippen LogP contribution in [0.25, 0.3) is 5.69 Å². The van der Waals surface area contributed by atoms with Gasteiger partial charge in [-0.25, -0.2) is 0 Å². The number of carbonyl (C=O) groups is 1. The van der Waals surface area contributed by atoms with Crippen LogP contribution in [0.1, 0.15) is 32.9 Å². The van der Waals surface area contributed by atoms with Gasteiger partial charge in [0.05, 0.1) is 18.0 Å². The molecule has 6 heteroatoms. The van der Waals surface area contributed by atoms with Crippen molar-refractivity contribution in [2.24, 2.45) is 0 Å². The third-order valence-electron chi connectivity index (χ3n) is 5.26. The van der Waals surface area contributed by atoms with Crippen molar-refractivity contribution >= 4 is 23.2 Å². The fraction of sp³-hybridized carbons (Fsp3) is 0.192. The van der Waals surface area contributed by atoms with Crippen LogP contribution in [-0.4, -0.2) is 26.3 Å². The summed E-state index contributed by atoms with van der Waals surface area (Å²) in [5.41, 5.74) is 6.24. The lowest BCUT2D eigenvalue weighted by atomic mass is 10.1. The molecule has 0 unspecified atom stereocenters. The zero-order valence-electron chi connectivity index (χ0n) is 18.5. The molecule has 3 aromatic carbocycles. The summed E-state index contributed by atoms with van der Waals surface area (Å²) in [7, 11) is 0. The Kier molecular flexibility index (Phi) is 6.71. The highest BCUT2D eigenvalue weighted by atomic mass is 32.2. The lowest BCUT2D eigenvalue weighted by Crippen LogP contribution is -2.10. The second kappa shape index (κ2) is 9.83. The monoisotopic (exact) mass is 442 g/mol. The highest BCUT2D eigenvalue weighted by Gasteiger charge is 2.17. The van der Waals surface area contributed by atoms with Gasteiger partial charge in [-0.15, -0.1) is 10.2 Å². The van der Waals surface area contributed by atoms with Crippen molar-refractivity contribution in [1.29, 1.82) is 0 Å². The highest BCUT2D eigenvalue weighted by Crippen LogP contribution is 2.25. The number of anilines is 1. The fourth-order valence-electron chi connectivity index (χ4n) is 3.37. The van der Waals surface area contributed by atoms with Crippen molar-refractivity contribution in [1.82, 2.24) is 14.8 Å². The summed E-state index contributed by atoms with van der Waals surface area (Å²) in [5.74, 6) is 1.18. The average Bonchev–Trinajstić information content (AvgIpc) is 3.20. The van der Waals surface area contributed by atoms with Gasteiger partial charge in [0, 0.05) is 11.3 Å². The van der Waals surface area contributed by atoms with Gasteiger partial charge in [0.1, 0.15) is 0 Å². The van der Waals surface area contributed by atoms with Gasteiger partial charge in [0.15, 0.2) is 16.8 Å². The zero-order valence-corrected chi connectivity index (χ0v) is 19.3. The van der Waals surface area contributed by atoms with E-state index in [4.69, 9.17) is 0 Å². The molecule has 0 bridgehead atoms. The molecule has 1 N–H and O–H groups in total. The average molecular weight is 443 g/mol. The van der Waals surface area contributed by atoms with E-state index in [9.17, 15) is 4.79 Å². The number of para-hydroxylation sites is 1. The predicted molar refractivity (Wildman–Crippen MR) is 131 cm³/mol. The van der Waals surface area contributed by atoms with Crippen LogP contribution in [0.5, 0.6) is 0 Å². The van der Waals surface area contributed by atoms with Crippen molar-refractivity contribution in [2.75, 3.05) is 11.1 Å². The number of nitrogens with zero attached hydrogens (tertiary/aromatic N) is 3. The molecule has 0 saturated heterocycles. The maximum atomic E-state index is 12.7. The van der Waals surface area contributed by atoms with Crippen molar-refractivity contribution in [3.8, 4) is 5.69 Å². The fourth-order valence-corrected chi connectivity index (χ4v) is 4.23. The molecule has 1 aromatic heterocycles. The summed E-state index contributed by atoms with van der Waals surface area (Å²) in [6.45, 7) is 6.68. The summed E-state index contributed by atoms with van der Waals surface area (Å²) >= 11 is 1.41. The Hall–Kier alpha value is -3.38. The Bertz CT molecular complexity index is 1210. The molecule has 32 heavy (non-hydrogen) atoms. The van der Waals surface area contributed by atoms with Crippen LogP contribution in [-0.2, 0) is 6.54 Å². The number of hydrogen-bond donors (Lipinski definition) is 1. The molecule has 162 valence electrons. The number of hydrogen-bond acceptors (Lipinski definition) is 5. The topological polar surface area (TPSA) is 59.8 Å². The van der Waals surface area contributed by atoms with Gasteiger partial charge in [-0.2, -0.15) is 0 Å². The molecular weight excluding hydrogens is 416 g/mol. The molecular formula is C26H26N4OS. The Labute approximate surface area is 192 Å². The number of Topliss-reactive ketones (excluding diaryl/α,β-unsaturated/α-hetero) is 1. The van der Waals surface area contributed by atoms with E-state index in [1.54, 1.807) is 0 Å². The van der Waals surface area contributed by atoms with Gasteiger partial charge in [0.25, 0.3) is 0 Å². The molecule has 5 nitrogen and oxygen atoms in total. The number of thioether (sulfide) groups is 1. The number of nitrogens with one attached hydrogen (secondary N) is 1. The summed E-state index contributed by atoms with van der Waals surface area (Å²) in [5, 5.41) is 13.0. The second-order valence-electron chi connectivity index (χ2n) is 7.82. The first-order valence-electron chi connectivity index (χ1n) is 10.5. The van der Waals surface area contributed by atoms with Crippen LogP contribution in [0.4, 0.5) is 5.69 Å². The molecule has 0 amide bonds. The highest BCUT2D eigenvalue weighted by molar-refractivity contribution is 7.99. The lowest BCUT2D eigenvalue weighted by Gasteiger charge is -2.13. The van der Waals surface area contributed by atoms with Crippen molar-refractivity contribution in [3.05, 3.63) is 101 Å². The van der Waals surface area contributed by atoms with E-state index < -0.39 is 0 Å².